The first-order chi connectivity index (χ1) is 10.5. The van der Waals surface area contributed by atoms with E-state index >= 15 is 0 Å². The second-order valence-corrected chi connectivity index (χ2v) is 5.79. The van der Waals surface area contributed by atoms with Crippen LogP contribution in [0.5, 0.6) is 0 Å². The van der Waals surface area contributed by atoms with Crippen LogP contribution in [0, 0.1) is 34.5 Å². The van der Waals surface area contributed by atoms with Crippen LogP contribution in [-0.2, 0) is 4.79 Å². The second kappa shape index (κ2) is 6.41. The second-order valence-electron chi connectivity index (χ2n) is 5.79. The molecule has 1 aromatic carbocycles. The Balaban J connectivity index is 2.46. The lowest BCUT2D eigenvalue weighted by molar-refractivity contribution is -0.122. The molecule has 0 saturated carbocycles. The zero-order valence-electron chi connectivity index (χ0n) is 12.9. The Morgan fingerprint density at radius 3 is 2.09 bits per heavy atom. The SMILES string of the molecule is CC1=NNC(=O)C1C(c1ccc(C(C)C)cc1)C(C#N)C#N. The van der Waals surface area contributed by atoms with Crippen LogP contribution < -0.4 is 5.43 Å². The van der Waals surface area contributed by atoms with Crippen LogP contribution in [0.3, 0.4) is 0 Å². The molecule has 112 valence electrons. The minimum Gasteiger partial charge on any atom is -0.272 e. The summed E-state index contributed by atoms with van der Waals surface area (Å²) in [7, 11) is 0. The summed E-state index contributed by atoms with van der Waals surface area (Å²) in [6, 6.07) is 11.8. The van der Waals surface area contributed by atoms with Gasteiger partial charge in [0.2, 0.25) is 5.91 Å². The molecule has 5 heteroatoms. The quantitative estimate of drug-likeness (QED) is 0.925. The molecule has 1 aromatic rings. The predicted octanol–water partition coefficient (Wildman–Crippen LogP) is 2.68. The lowest BCUT2D eigenvalue weighted by atomic mass is 9.75. The van der Waals surface area contributed by atoms with Crippen molar-refractivity contribution in [2.75, 3.05) is 0 Å². The van der Waals surface area contributed by atoms with Gasteiger partial charge in [-0.05, 0) is 24.0 Å². The minimum atomic E-state index is -0.899. The molecule has 22 heavy (non-hydrogen) atoms. The number of hydrogen-bond acceptors (Lipinski definition) is 4. The predicted molar refractivity (Wildman–Crippen MR) is 82.7 cm³/mol. The molecule has 2 rings (SSSR count). The van der Waals surface area contributed by atoms with Crippen molar-refractivity contribution in [2.45, 2.75) is 32.6 Å². The van der Waals surface area contributed by atoms with Crippen LogP contribution in [0.2, 0.25) is 0 Å². The Morgan fingerprint density at radius 2 is 1.68 bits per heavy atom. The standard InChI is InChI=1S/C17H18N4O/c1-10(2)12-4-6-13(7-5-12)16(14(8-18)9-19)15-11(3)20-21-17(15)22/h4-7,10,14-16H,1-3H3,(H,21,22). The molecule has 5 nitrogen and oxygen atoms in total. The van der Waals surface area contributed by atoms with Gasteiger partial charge in [-0.1, -0.05) is 38.1 Å². The van der Waals surface area contributed by atoms with Gasteiger partial charge in [-0.15, -0.1) is 0 Å². The number of nitrogens with one attached hydrogen (secondary N) is 1. The van der Waals surface area contributed by atoms with Gasteiger partial charge in [0.25, 0.3) is 0 Å². The van der Waals surface area contributed by atoms with Crippen LogP contribution in [0.15, 0.2) is 29.4 Å². The Morgan fingerprint density at radius 1 is 1.14 bits per heavy atom. The summed E-state index contributed by atoms with van der Waals surface area (Å²) >= 11 is 0. The average Bonchev–Trinajstić information content (AvgIpc) is 2.84. The van der Waals surface area contributed by atoms with Gasteiger partial charge in [0.15, 0.2) is 0 Å². The number of nitriles is 2. The van der Waals surface area contributed by atoms with Gasteiger partial charge in [0.1, 0.15) is 5.92 Å². The van der Waals surface area contributed by atoms with Crippen molar-refractivity contribution in [3.8, 4) is 12.1 Å². The number of nitrogens with zero attached hydrogens (tertiary/aromatic N) is 3. The monoisotopic (exact) mass is 294 g/mol. The van der Waals surface area contributed by atoms with Crippen molar-refractivity contribution in [1.82, 2.24) is 5.43 Å². The maximum atomic E-state index is 12.1. The zero-order valence-corrected chi connectivity index (χ0v) is 12.9. The minimum absolute atomic E-state index is 0.258. The fourth-order valence-corrected chi connectivity index (χ4v) is 2.76. The summed E-state index contributed by atoms with van der Waals surface area (Å²) in [6.45, 7) is 5.94. The maximum Gasteiger partial charge on any atom is 0.249 e. The van der Waals surface area contributed by atoms with E-state index in [-0.39, 0.29) is 5.91 Å². The van der Waals surface area contributed by atoms with Crippen molar-refractivity contribution < 1.29 is 4.79 Å². The van der Waals surface area contributed by atoms with E-state index in [4.69, 9.17) is 0 Å². The molecule has 1 aliphatic heterocycles. The van der Waals surface area contributed by atoms with Crippen LogP contribution >= 0.6 is 0 Å². The first-order valence-corrected chi connectivity index (χ1v) is 7.22. The van der Waals surface area contributed by atoms with Gasteiger partial charge in [-0.25, -0.2) is 5.43 Å². The normalized spacial score (nSPS) is 18.6. The van der Waals surface area contributed by atoms with E-state index in [1.165, 1.54) is 5.56 Å². The fourth-order valence-electron chi connectivity index (χ4n) is 2.76. The van der Waals surface area contributed by atoms with Crippen molar-refractivity contribution in [2.24, 2.45) is 16.9 Å². The van der Waals surface area contributed by atoms with Gasteiger partial charge >= 0.3 is 0 Å². The Labute approximate surface area is 130 Å². The molecule has 0 fully saturated rings. The first-order valence-electron chi connectivity index (χ1n) is 7.22. The van der Waals surface area contributed by atoms with E-state index in [0.29, 0.717) is 11.6 Å². The van der Waals surface area contributed by atoms with Gasteiger partial charge in [0.05, 0.1) is 18.1 Å². The molecule has 0 aliphatic carbocycles. The molecule has 0 saturated heterocycles. The number of hydrazone groups is 1. The van der Waals surface area contributed by atoms with E-state index < -0.39 is 17.8 Å². The molecule has 1 aliphatic rings. The third-order valence-electron chi connectivity index (χ3n) is 4.06. The maximum absolute atomic E-state index is 12.1. The van der Waals surface area contributed by atoms with Crippen molar-refractivity contribution in [1.29, 1.82) is 10.5 Å². The summed E-state index contributed by atoms with van der Waals surface area (Å²) in [5.41, 5.74) is 5.03. The summed E-state index contributed by atoms with van der Waals surface area (Å²) in [5.74, 6) is -1.85. The lowest BCUT2D eigenvalue weighted by Gasteiger charge is -2.23. The topological polar surface area (TPSA) is 89.0 Å². The third-order valence-corrected chi connectivity index (χ3v) is 4.06. The van der Waals surface area contributed by atoms with Gasteiger partial charge in [-0.3, -0.25) is 4.79 Å². The molecule has 0 radical (unpaired) electrons. The van der Waals surface area contributed by atoms with E-state index in [1.54, 1.807) is 6.92 Å². The average molecular weight is 294 g/mol. The van der Waals surface area contributed by atoms with Crippen molar-refractivity contribution in [3.63, 3.8) is 0 Å². The number of benzene rings is 1. The van der Waals surface area contributed by atoms with E-state index in [2.05, 4.69) is 24.4 Å². The Hall–Kier alpha value is -2.66. The highest BCUT2D eigenvalue weighted by Gasteiger charge is 2.40. The molecule has 0 spiro atoms. The zero-order chi connectivity index (χ0) is 16.3. The number of hydrogen-bond donors (Lipinski definition) is 1. The van der Waals surface area contributed by atoms with Crippen molar-refractivity contribution >= 4 is 11.6 Å². The van der Waals surface area contributed by atoms with E-state index in [9.17, 15) is 15.3 Å². The molecule has 1 N–H and O–H groups in total. The molecule has 1 amide bonds. The highest BCUT2D eigenvalue weighted by Crippen LogP contribution is 2.35. The number of rotatable bonds is 4. The first kappa shape index (κ1) is 15.7. The van der Waals surface area contributed by atoms with E-state index in [1.807, 2.05) is 36.4 Å². The van der Waals surface area contributed by atoms with Gasteiger partial charge in [-0.2, -0.15) is 15.6 Å². The molecule has 0 bridgehead atoms. The number of carbonyl (C=O) groups is 1. The van der Waals surface area contributed by atoms with E-state index in [0.717, 1.165) is 5.56 Å². The number of carbonyl (C=O) groups excluding carboxylic acids is 1. The van der Waals surface area contributed by atoms with Gasteiger partial charge < -0.3 is 0 Å². The molecular formula is C17H18N4O. The third kappa shape index (κ3) is 2.84. The summed E-state index contributed by atoms with van der Waals surface area (Å²) in [5, 5.41) is 22.5. The summed E-state index contributed by atoms with van der Waals surface area (Å²) in [4.78, 5) is 12.1. The van der Waals surface area contributed by atoms with Crippen LogP contribution in [-0.4, -0.2) is 11.6 Å². The van der Waals surface area contributed by atoms with Crippen LogP contribution in [0.25, 0.3) is 0 Å². The number of amides is 1. The van der Waals surface area contributed by atoms with Gasteiger partial charge in [0, 0.05) is 11.6 Å². The summed E-state index contributed by atoms with van der Waals surface area (Å²) < 4.78 is 0. The molecule has 0 aromatic heterocycles. The Kier molecular flexibility index (Phi) is 4.58. The van der Waals surface area contributed by atoms with Crippen LogP contribution in [0.1, 0.15) is 43.7 Å². The molecule has 2 unspecified atom stereocenters. The Bertz CT molecular complexity index is 662. The molecular weight excluding hydrogens is 276 g/mol. The van der Waals surface area contributed by atoms with Crippen LogP contribution in [0.4, 0.5) is 0 Å². The highest BCUT2D eigenvalue weighted by atomic mass is 16.2. The highest BCUT2D eigenvalue weighted by molar-refractivity contribution is 6.07. The lowest BCUT2D eigenvalue weighted by Crippen LogP contribution is -2.32. The summed E-state index contributed by atoms with van der Waals surface area (Å²) in [6.07, 6.45) is 0. The van der Waals surface area contributed by atoms with Crippen molar-refractivity contribution in [3.05, 3.63) is 35.4 Å². The molecule has 2 atom stereocenters. The largest absolute Gasteiger partial charge is 0.272 e. The fraction of sp³-hybridized carbons (Fsp3) is 0.412. The smallest absolute Gasteiger partial charge is 0.249 e. The molecule has 1 heterocycles.